The summed E-state index contributed by atoms with van der Waals surface area (Å²) in [5.41, 5.74) is 3.45. The van der Waals surface area contributed by atoms with Gasteiger partial charge in [-0.2, -0.15) is 0 Å². The predicted molar refractivity (Wildman–Crippen MR) is 110 cm³/mol. The number of likely N-dealkylation sites (tertiary alicyclic amines) is 1. The third-order valence-corrected chi connectivity index (χ3v) is 5.88. The molecule has 0 aromatic carbocycles. The summed E-state index contributed by atoms with van der Waals surface area (Å²) in [5.74, 6) is 2.17. The molecule has 0 radical (unpaired) electrons. The molecule has 1 saturated heterocycles. The smallest absolute Gasteiger partial charge is 0.220 e. The Balaban J connectivity index is 1.44. The molecule has 7 nitrogen and oxygen atoms in total. The van der Waals surface area contributed by atoms with E-state index < -0.39 is 0 Å². The number of fused-ring (bicyclic) bond motifs is 1. The van der Waals surface area contributed by atoms with Crippen molar-refractivity contribution in [2.45, 2.75) is 71.5 Å². The lowest BCUT2D eigenvalue weighted by molar-refractivity contribution is -0.132. The van der Waals surface area contributed by atoms with Gasteiger partial charge >= 0.3 is 0 Å². The first-order valence-corrected chi connectivity index (χ1v) is 10.7. The zero-order valence-corrected chi connectivity index (χ0v) is 17.6. The maximum absolute atomic E-state index is 12.0. The molecule has 2 aliphatic rings. The summed E-state index contributed by atoms with van der Waals surface area (Å²) in [6.07, 6.45) is 9.90. The van der Waals surface area contributed by atoms with Crippen molar-refractivity contribution >= 4 is 5.91 Å². The van der Waals surface area contributed by atoms with E-state index in [1.165, 1.54) is 5.56 Å². The van der Waals surface area contributed by atoms with Crippen LogP contribution < -0.4 is 0 Å². The first-order chi connectivity index (χ1) is 14.0. The summed E-state index contributed by atoms with van der Waals surface area (Å²) in [5, 5.41) is 0. The number of carbonyl (C=O) groups is 1. The van der Waals surface area contributed by atoms with Crippen LogP contribution in [0.15, 0.2) is 18.6 Å². The molecule has 0 bridgehead atoms. The van der Waals surface area contributed by atoms with Gasteiger partial charge in [-0.05, 0) is 19.3 Å². The summed E-state index contributed by atoms with van der Waals surface area (Å²) in [4.78, 5) is 34.8. The minimum atomic E-state index is 0.0289. The van der Waals surface area contributed by atoms with Gasteiger partial charge in [0.2, 0.25) is 5.91 Å². The van der Waals surface area contributed by atoms with Crippen molar-refractivity contribution in [3.05, 3.63) is 47.1 Å². The van der Waals surface area contributed by atoms with Gasteiger partial charge in [0.1, 0.15) is 5.82 Å². The van der Waals surface area contributed by atoms with Gasteiger partial charge in [0, 0.05) is 80.9 Å². The summed E-state index contributed by atoms with van der Waals surface area (Å²) >= 11 is 0. The fraction of sp³-hybridized carbons (Fsp3) is 0.591. The molecule has 1 amide bonds. The monoisotopic (exact) mass is 394 g/mol. The Morgan fingerprint density at radius 3 is 2.66 bits per heavy atom. The van der Waals surface area contributed by atoms with Gasteiger partial charge < -0.3 is 4.90 Å². The van der Waals surface area contributed by atoms with Gasteiger partial charge in [0.15, 0.2) is 5.82 Å². The predicted octanol–water partition coefficient (Wildman–Crippen LogP) is 3.02. The van der Waals surface area contributed by atoms with Crippen LogP contribution in [0.1, 0.15) is 80.5 Å². The number of hydrogen-bond acceptors (Lipinski definition) is 6. The van der Waals surface area contributed by atoms with Gasteiger partial charge in [0.05, 0.1) is 6.04 Å². The molecule has 0 saturated carbocycles. The summed E-state index contributed by atoms with van der Waals surface area (Å²) in [7, 11) is 0. The van der Waals surface area contributed by atoms with E-state index in [0.29, 0.717) is 5.92 Å². The molecule has 29 heavy (non-hydrogen) atoms. The fourth-order valence-electron chi connectivity index (χ4n) is 4.27. The van der Waals surface area contributed by atoms with Crippen molar-refractivity contribution in [3.8, 4) is 0 Å². The molecule has 154 valence electrons. The minimum absolute atomic E-state index is 0.0289. The van der Waals surface area contributed by atoms with E-state index in [0.717, 1.165) is 74.8 Å². The largest absolute Gasteiger partial charge is 0.333 e. The quantitative estimate of drug-likeness (QED) is 0.793. The van der Waals surface area contributed by atoms with E-state index in [9.17, 15) is 4.79 Å². The van der Waals surface area contributed by atoms with Crippen molar-refractivity contribution in [2.75, 3.05) is 13.1 Å². The summed E-state index contributed by atoms with van der Waals surface area (Å²) < 4.78 is 0. The van der Waals surface area contributed by atoms with E-state index in [2.05, 4.69) is 33.7 Å². The second kappa shape index (κ2) is 8.53. The van der Waals surface area contributed by atoms with Crippen molar-refractivity contribution < 1.29 is 4.79 Å². The molecule has 1 fully saturated rings. The maximum Gasteiger partial charge on any atom is 0.220 e. The Morgan fingerprint density at radius 2 is 1.93 bits per heavy atom. The lowest BCUT2D eigenvalue weighted by Gasteiger charge is -2.35. The average Bonchev–Trinajstić information content (AvgIpc) is 2.73. The number of rotatable bonds is 4. The highest BCUT2D eigenvalue weighted by Crippen LogP contribution is 2.30. The van der Waals surface area contributed by atoms with Gasteiger partial charge in [0.25, 0.3) is 0 Å². The van der Waals surface area contributed by atoms with Gasteiger partial charge in [-0.3, -0.25) is 9.69 Å². The number of hydrogen-bond donors (Lipinski definition) is 0. The third kappa shape index (κ3) is 4.45. The van der Waals surface area contributed by atoms with Crippen LogP contribution in [0.4, 0.5) is 0 Å². The SMILES string of the molecule is CC(=O)N1CCCCC1c1ncc2c(n1)CCN(Cc1cnc(C(C)C)nc1)C2. The number of carbonyl (C=O) groups excluding carboxylic acids is 1. The van der Waals surface area contributed by atoms with Crippen molar-refractivity contribution in [1.29, 1.82) is 0 Å². The van der Waals surface area contributed by atoms with E-state index in [1.807, 2.05) is 23.5 Å². The van der Waals surface area contributed by atoms with Crippen molar-refractivity contribution in [1.82, 2.24) is 29.7 Å². The molecular formula is C22H30N6O. The van der Waals surface area contributed by atoms with E-state index in [-0.39, 0.29) is 11.9 Å². The maximum atomic E-state index is 12.0. The van der Waals surface area contributed by atoms with Crippen LogP contribution in [0.2, 0.25) is 0 Å². The van der Waals surface area contributed by atoms with Crippen LogP contribution in [-0.2, 0) is 24.3 Å². The van der Waals surface area contributed by atoms with Crippen molar-refractivity contribution in [3.63, 3.8) is 0 Å². The average molecular weight is 395 g/mol. The van der Waals surface area contributed by atoms with Crippen molar-refractivity contribution in [2.24, 2.45) is 0 Å². The topological polar surface area (TPSA) is 75.1 Å². The highest BCUT2D eigenvalue weighted by atomic mass is 16.2. The fourth-order valence-corrected chi connectivity index (χ4v) is 4.27. The Bertz CT molecular complexity index is 866. The first kappa shape index (κ1) is 19.9. The lowest BCUT2D eigenvalue weighted by Crippen LogP contribution is -2.38. The van der Waals surface area contributed by atoms with Gasteiger partial charge in [-0.1, -0.05) is 13.8 Å². The number of aromatic nitrogens is 4. The lowest BCUT2D eigenvalue weighted by atomic mass is 10.0. The normalized spacial score (nSPS) is 20.0. The van der Waals surface area contributed by atoms with Crippen LogP contribution >= 0.6 is 0 Å². The Morgan fingerprint density at radius 1 is 1.14 bits per heavy atom. The molecule has 0 aliphatic carbocycles. The Hall–Kier alpha value is -2.41. The van der Waals surface area contributed by atoms with Crippen LogP contribution in [0, 0.1) is 0 Å². The number of nitrogens with zero attached hydrogens (tertiary/aromatic N) is 6. The molecule has 4 heterocycles. The zero-order chi connectivity index (χ0) is 20.4. The van der Waals surface area contributed by atoms with Crippen LogP contribution in [-0.4, -0.2) is 48.7 Å². The summed E-state index contributed by atoms with van der Waals surface area (Å²) in [6, 6.07) is 0.0289. The molecule has 1 unspecified atom stereocenters. The molecule has 2 aromatic rings. The molecule has 2 aromatic heterocycles. The highest BCUT2D eigenvalue weighted by molar-refractivity contribution is 5.73. The van der Waals surface area contributed by atoms with E-state index in [4.69, 9.17) is 4.98 Å². The second-order valence-electron chi connectivity index (χ2n) is 8.49. The Kier molecular flexibility index (Phi) is 5.85. The molecule has 2 aliphatic heterocycles. The second-order valence-corrected chi connectivity index (χ2v) is 8.49. The van der Waals surface area contributed by atoms with Crippen LogP contribution in [0.5, 0.6) is 0 Å². The van der Waals surface area contributed by atoms with E-state index >= 15 is 0 Å². The Labute approximate surface area is 172 Å². The first-order valence-electron chi connectivity index (χ1n) is 10.7. The zero-order valence-electron chi connectivity index (χ0n) is 17.6. The van der Waals surface area contributed by atoms with E-state index in [1.54, 1.807) is 6.92 Å². The number of piperidine rings is 1. The van der Waals surface area contributed by atoms with Gasteiger partial charge in [-0.25, -0.2) is 19.9 Å². The molecule has 0 N–H and O–H groups in total. The molecule has 1 atom stereocenters. The molecule has 0 spiro atoms. The molecule has 7 heteroatoms. The third-order valence-electron chi connectivity index (χ3n) is 5.88. The van der Waals surface area contributed by atoms with Crippen LogP contribution in [0.25, 0.3) is 0 Å². The molecular weight excluding hydrogens is 364 g/mol. The standard InChI is InChI=1S/C22H30N6O/c1-15(2)21-23-10-17(11-24-21)13-27-9-7-19-18(14-27)12-25-22(26-19)20-6-4-5-8-28(20)16(3)29/h10-12,15,20H,4-9,13-14H2,1-3H3. The van der Waals surface area contributed by atoms with Crippen LogP contribution in [0.3, 0.4) is 0 Å². The number of amides is 1. The minimum Gasteiger partial charge on any atom is -0.333 e. The molecule has 4 rings (SSSR count). The van der Waals surface area contributed by atoms with Gasteiger partial charge in [-0.15, -0.1) is 0 Å². The summed E-state index contributed by atoms with van der Waals surface area (Å²) in [6.45, 7) is 9.29. The highest BCUT2D eigenvalue weighted by Gasteiger charge is 2.29.